The molecule has 0 aromatic carbocycles. The average Bonchev–Trinajstić information content (AvgIpc) is 2.45. The third kappa shape index (κ3) is 2.70. The molecule has 0 radical (unpaired) electrons. The van der Waals surface area contributed by atoms with Crippen LogP contribution in [0.15, 0.2) is 46.9 Å². The second-order valence-corrected chi connectivity index (χ2v) is 7.01. The van der Waals surface area contributed by atoms with Gasteiger partial charge in [0.15, 0.2) is 0 Å². The fourth-order valence-corrected chi connectivity index (χ4v) is 3.25. The van der Waals surface area contributed by atoms with Crippen molar-refractivity contribution in [1.82, 2.24) is 4.90 Å². The van der Waals surface area contributed by atoms with E-state index in [1.165, 1.54) is 5.57 Å². The number of carbonyl (C=O) groups excluding carboxylic acids is 1. The summed E-state index contributed by atoms with van der Waals surface area (Å²) >= 11 is 0. The maximum atomic E-state index is 12.5. The first-order valence-electron chi connectivity index (χ1n) is 7.88. The molecular formula is C18H23NO3. The molecule has 0 saturated carbocycles. The highest BCUT2D eigenvalue weighted by molar-refractivity contribution is 5.73. The van der Waals surface area contributed by atoms with Crippen molar-refractivity contribution in [3.05, 3.63) is 46.9 Å². The summed E-state index contributed by atoms with van der Waals surface area (Å²) < 4.78 is 5.51. The summed E-state index contributed by atoms with van der Waals surface area (Å²) in [7, 11) is 0. The molecule has 1 atom stereocenters. The van der Waals surface area contributed by atoms with E-state index < -0.39 is 5.60 Å². The van der Waals surface area contributed by atoms with Crippen molar-refractivity contribution in [2.45, 2.75) is 45.6 Å². The predicted octanol–water partition coefficient (Wildman–Crippen LogP) is 4.23. The summed E-state index contributed by atoms with van der Waals surface area (Å²) in [6, 6.07) is 0. The van der Waals surface area contributed by atoms with Gasteiger partial charge in [0, 0.05) is 18.5 Å². The van der Waals surface area contributed by atoms with E-state index in [1.54, 1.807) is 11.0 Å². The normalized spacial score (nSPS) is 24.3. The quantitative estimate of drug-likeness (QED) is 0.728. The first-order chi connectivity index (χ1) is 10.4. The third-order valence-corrected chi connectivity index (χ3v) is 4.17. The van der Waals surface area contributed by atoms with Crippen LogP contribution in [-0.4, -0.2) is 28.2 Å². The molecular weight excluding hydrogens is 278 g/mol. The van der Waals surface area contributed by atoms with Crippen LogP contribution in [0.3, 0.4) is 0 Å². The zero-order chi connectivity index (χ0) is 15.9. The van der Waals surface area contributed by atoms with Gasteiger partial charge in [-0.1, -0.05) is 18.2 Å². The van der Waals surface area contributed by atoms with Crippen LogP contribution in [-0.2, 0) is 4.74 Å². The molecule has 1 N–H and O–H groups in total. The van der Waals surface area contributed by atoms with E-state index in [0.717, 1.165) is 30.5 Å². The van der Waals surface area contributed by atoms with Crippen molar-refractivity contribution in [3.8, 4) is 0 Å². The highest BCUT2D eigenvalue weighted by Crippen LogP contribution is 2.42. The lowest BCUT2D eigenvalue weighted by atomic mass is 9.78. The Hall–Kier alpha value is -1.97. The number of carbonyl (C=O) groups is 1. The van der Waals surface area contributed by atoms with Gasteiger partial charge in [0.05, 0.1) is 5.70 Å². The average molecular weight is 301 g/mol. The maximum absolute atomic E-state index is 12.5. The van der Waals surface area contributed by atoms with Crippen LogP contribution in [0.1, 0.15) is 40.0 Å². The Balaban J connectivity index is 1.97. The van der Waals surface area contributed by atoms with Crippen molar-refractivity contribution in [1.29, 1.82) is 0 Å². The van der Waals surface area contributed by atoms with Gasteiger partial charge in [0.25, 0.3) is 0 Å². The Morgan fingerprint density at radius 1 is 1.41 bits per heavy atom. The molecule has 0 aromatic heterocycles. The lowest BCUT2D eigenvalue weighted by Crippen LogP contribution is -2.40. The second-order valence-electron chi connectivity index (χ2n) is 7.01. The number of aliphatic hydroxyl groups excluding tert-OH is 1. The fourth-order valence-electron chi connectivity index (χ4n) is 3.25. The molecule has 4 heteroatoms. The lowest BCUT2D eigenvalue weighted by molar-refractivity contribution is 0.0306. The Morgan fingerprint density at radius 3 is 2.91 bits per heavy atom. The fraction of sp³-hybridized carbons (Fsp3) is 0.500. The smallest absolute Gasteiger partial charge is 0.414 e. The number of aliphatic hydroxyl groups is 1. The van der Waals surface area contributed by atoms with Gasteiger partial charge in [-0.15, -0.1) is 0 Å². The molecule has 0 spiro atoms. The summed E-state index contributed by atoms with van der Waals surface area (Å²) in [4.78, 5) is 14.1. The van der Waals surface area contributed by atoms with Crippen molar-refractivity contribution in [2.24, 2.45) is 5.92 Å². The molecule has 0 saturated heterocycles. The van der Waals surface area contributed by atoms with Gasteiger partial charge in [-0.05, 0) is 51.2 Å². The van der Waals surface area contributed by atoms with E-state index in [1.807, 2.05) is 26.8 Å². The molecule has 1 heterocycles. The minimum Gasteiger partial charge on any atom is -0.512 e. The summed E-state index contributed by atoms with van der Waals surface area (Å²) in [5.41, 5.74) is 2.59. The number of rotatable bonds is 0. The monoisotopic (exact) mass is 301 g/mol. The second kappa shape index (κ2) is 5.34. The van der Waals surface area contributed by atoms with Gasteiger partial charge >= 0.3 is 6.09 Å². The van der Waals surface area contributed by atoms with Crippen LogP contribution in [0.2, 0.25) is 0 Å². The summed E-state index contributed by atoms with van der Waals surface area (Å²) in [6.07, 6.45) is 10.2. The van der Waals surface area contributed by atoms with Crippen LogP contribution < -0.4 is 0 Å². The molecule has 22 heavy (non-hydrogen) atoms. The van der Waals surface area contributed by atoms with Gasteiger partial charge < -0.3 is 9.84 Å². The van der Waals surface area contributed by atoms with E-state index in [-0.39, 0.29) is 12.0 Å². The first kappa shape index (κ1) is 14.9. The summed E-state index contributed by atoms with van der Waals surface area (Å²) in [5.74, 6) is 0.382. The summed E-state index contributed by atoms with van der Waals surface area (Å²) in [5, 5.41) is 10.3. The Kier molecular flexibility index (Phi) is 3.63. The number of allylic oxidation sites excluding steroid dienone is 6. The van der Waals surface area contributed by atoms with Gasteiger partial charge in [0.1, 0.15) is 11.4 Å². The minimum atomic E-state index is -0.523. The number of amides is 1. The molecule has 0 bridgehead atoms. The van der Waals surface area contributed by atoms with Crippen molar-refractivity contribution in [3.63, 3.8) is 0 Å². The van der Waals surface area contributed by atoms with Crippen LogP contribution in [0, 0.1) is 5.92 Å². The Bertz CT molecular complexity index is 617. The number of hydrogen-bond acceptors (Lipinski definition) is 3. The molecule has 1 amide bonds. The largest absolute Gasteiger partial charge is 0.512 e. The first-order valence-corrected chi connectivity index (χ1v) is 7.88. The molecule has 0 aromatic rings. The Labute approximate surface area is 131 Å². The lowest BCUT2D eigenvalue weighted by Gasteiger charge is -2.37. The van der Waals surface area contributed by atoms with Crippen LogP contribution >= 0.6 is 0 Å². The number of fused-ring (bicyclic) bond motifs is 2. The highest BCUT2D eigenvalue weighted by Gasteiger charge is 2.35. The van der Waals surface area contributed by atoms with Crippen LogP contribution in [0.25, 0.3) is 0 Å². The van der Waals surface area contributed by atoms with E-state index in [4.69, 9.17) is 4.74 Å². The zero-order valence-electron chi connectivity index (χ0n) is 13.4. The molecule has 4 nitrogen and oxygen atoms in total. The molecule has 3 rings (SSSR count). The molecule has 2 aliphatic carbocycles. The van der Waals surface area contributed by atoms with E-state index in [9.17, 15) is 9.90 Å². The SMILES string of the molecule is CC(C)(C)OC(=O)N1CCCC2=C1C=C(O)C1CC=CC=C21. The van der Waals surface area contributed by atoms with Crippen molar-refractivity contribution >= 4 is 6.09 Å². The standard InChI is InChI=1S/C18H23NO3/c1-18(2,3)22-17(21)19-10-6-9-13-12-7-4-5-8-14(12)16(20)11-15(13)19/h4-5,7,11,14,20H,6,8-10H2,1-3H3. The topological polar surface area (TPSA) is 49.8 Å². The van der Waals surface area contributed by atoms with E-state index in [2.05, 4.69) is 12.2 Å². The number of ether oxygens (including phenoxy) is 1. The molecule has 0 fully saturated rings. The van der Waals surface area contributed by atoms with E-state index in [0.29, 0.717) is 12.3 Å². The number of hydrogen-bond donors (Lipinski definition) is 1. The minimum absolute atomic E-state index is 0.0438. The maximum Gasteiger partial charge on any atom is 0.414 e. The van der Waals surface area contributed by atoms with Gasteiger partial charge in [0.2, 0.25) is 0 Å². The Morgan fingerprint density at radius 2 is 2.18 bits per heavy atom. The molecule has 1 aliphatic heterocycles. The van der Waals surface area contributed by atoms with E-state index >= 15 is 0 Å². The predicted molar refractivity (Wildman–Crippen MR) is 85.2 cm³/mol. The molecule has 3 aliphatic rings. The van der Waals surface area contributed by atoms with Gasteiger partial charge in [-0.3, -0.25) is 4.90 Å². The summed E-state index contributed by atoms with van der Waals surface area (Å²) in [6.45, 7) is 6.22. The van der Waals surface area contributed by atoms with Gasteiger partial charge in [-0.25, -0.2) is 4.79 Å². The highest BCUT2D eigenvalue weighted by atomic mass is 16.6. The molecule has 118 valence electrons. The third-order valence-electron chi connectivity index (χ3n) is 4.17. The number of nitrogens with zero attached hydrogens (tertiary/aromatic N) is 1. The van der Waals surface area contributed by atoms with Crippen LogP contribution in [0.5, 0.6) is 0 Å². The van der Waals surface area contributed by atoms with Gasteiger partial charge in [-0.2, -0.15) is 0 Å². The van der Waals surface area contributed by atoms with Crippen molar-refractivity contribution < 1.29 is 14.6 Å². The zero-order valence-corrected chi connectivity index (χ0v) is 13.4. The molecule has 1 unspecified atom stereocenters. The van der Waals surface area contributed by atoms with Crippen LogP contribution in [0.4, 0.5) is 4.79 Å². The van der Waals surface area contributed by atoms with Crippen molar-refractivity contribution in [2.75, 3.05) is 6.54 Å².